The molecule has 1 heterocycles. The number of nitrogens with one attached hydrogen (secondary N) is 1. The van der Waals surface area contributed by atoms with Crippen molar-refractivity contribution < 1.29 is 5.11 Å². The number of H-pyrrole nitrogens is 1. The van der Waals surface area contributed by atoms with Crippen LogP contribution in [0.1, 0.15) is 18.5 Å². The fourth-order valence-corrected chi connectivity index (χ4v) is 1.56. The molecule has 1 aromatic heterocycles. The molecule has 1 aliphatic rings. The second kappa shape index (κ2) is 3.36. The summed E-state index contributed by atoms with van der Waals surface area (Å²) >= 11 is 0. The van der Waals surface area contributed by atoms with Gasteiger partial charge in [0.15, 0.2) is 0 Å². The number of azide groups is 1. The maximum Gasteiger partial charge on any atom is 0.0738 e. The third-order valence-electron chi connectivity index (χ3n) is 2.65. The van der Waals surface area contributed by atoms with Gasteiger partial charge in [-0.3, -0.25) is 0 Å². The maximum atomic E-state index is 9.84. The first-order valence-corrected chi connectivity index (χ1v) is 4.63. The lowest BCUT2D eigenvalue weighted by Crippen LogP contribution is -2.27. The number of rotatable bonds is 4. The van der Waals surface area contributed by atoms with E-state index in [0.717, 1.165) is 18.5 Å². The molecule has 74 valence electrons. The van der Waals surface area contributed by atoms with E-state index in [9.17, 15) is 5.11 Å². The first-order valence-electron chi connectivity index (χ1n) is 4.63. The molecule has 0 saturated heterocycles. The van der Waals surface area contributed by atoms with Crippen LogP contribution < -0.4 is 0 Å². The van der Waals surface area contributed by atoms with Gasteiger partial charge in [-0.25, -0.2) is 0 Å². The van der Waals surface area contributed by atoms with Crippen molar-refractivity contribution in [1.29, 1.82) is 0 Å². The van der Waals surface area contributed by atoms with Crippen LogP contribution in [0.2, 0.25) is 0 Å². The average molecular weight is 192 g/mol. The molecule has 1 atom stereocenters. The van der Waals surface area contributed by atoms with E-state index in [-0.39, 0.29) is 6.04 Å². The summed E-state index contributed by atoms with van der Waals surface area (Å²) in [4.78, 5) is 5.81. The Kier molecular flexibility index (Phi) is 2.19. The first kappa shape index (κ1) is 9.12. The highest BCUT2D eigenvalue weighted by Crippen LogP contribution is 2.41. The van der Waals surface area contributed by atoms with E-state index >= 15 is 0 Å². The van der Waals surface area contributed by atoms with Gasteiger partial charge in [0.2, 0.25) is 0 Å². The summed E-state index contributed by atoms with van der Waals surface area (Å²) < 4.78 is 0. The molecule has 5 nitrogen and oxygen atoms in total. The van der Waals surface area contributed by atoms with Gasteiger partial charge >= 0.3 is 0 Å². The lowest BCUT2D eigenvalue weighted by Gasteiger charge is -2.15. The Morgan fingerprint density at radius 2 is 2.50 bits per heavy atom. The highest BCUT2D eigenvalue weighted by atomic mass is 16.3. The smallest absolute Gasteiger partial charge is 0.0738 e. The van der Waals surface area contributed by atoms with Crippen LogP contribution in [0.15, 0.2) is 23.4 Å². The van der Waals surface area contributed by atoms with Crippen molar-refractivity contribution in [3.63, 3.8) is 0 Å². The van der Waals surface area contributed by atoms with Gasteiger partial charge in [0.1, 0.15) is 0 Å². The van der Waals surface area contributed by atoms with Gasteiger partial charge in [-0.2, -0.15) is 0 Å². The van der Waals surface area contributed by atoms with Gasteiger partial charge in [0.05, 0.1) is 11.6 Å². The van der Waals surface area contributed by atoms with Crippen LogP contribution in [0.3, 0.4) is 0 Å². The molecule has 1 fully saturated rings. The lowest BCUT2D eigenvalue weighted by atomic mass is 10.0. The molecule has 1 aliphatic carbocycles. The van der Waals surface area contributed by atoms with Crippen LogP contribution in [0.25, 0.3) is 10.4 Å². The molecule has 0 aromatic carbocycles. The Labute approximate surface area is 81.4 Å². The number of aliphatic hydroxyl groups is 1. The van der Waals surface area contributed by atoms with E-state index < -0.39 is 5.60 Å². The van der Waals surface area contributed by atoms with Crippen molar-refractivity contribution in [2.75, 3.05) is 0 Å². The number of hydrogen-bond donors (Lipinski definition) is 2. The first-order chi connectivity index (χ1) is 6.74. The molecule has 0 radical (unpaired) electrons. The van der Waals surface area contributed by atoms with E-state index in [0.29, 0.717) is 6.42 Å². The molecule has 0 spiro atoms. The van der Waals surface area contributed by atoms with Crippen LogP contribution in [0.5, 0.6) is 0 Å². The molecule has 2 N–H and O–H groups in total. The van der Waals surface area contributed by atoms with Crippen molar-refractivity contribution in [3.8, 4) is 0 Å². The molecule has 0 aliphatic heterocycles. The number of nitrogens with zero attached hydrogens (tertiary/aromatic N) is 3. The van der Waals surface area contributed by atoms with Gasteiger partial charge in [0, 0.05) is 16.8 Å². The van der Waals surface area contributed by atoms with E-state index in [1.165, 1.54) is 0 Å². The quantitative estimate of drug-likeness (QED) is 0.425. The van der Waals surface area contributed by atoms with Crippen LogP contribution in [-0.2, 0) is 6.42 Å². The monoisotopic (exact) mass is 192 g/mol. The second-order valence-electron chi connectivity index (χ2n) is 3.72. The van der Waals surface area contributed by atoms with Crippen LogP contribution in [0.4, 0.5) is 0 Å². The standard InChI is InChI=1S/C9H12N4O/c10-13-12-8(9(14)3-4-9)6-7-2-1-5-11-7/h1-2,5,8,11,14H,3-4,6H2. The average Bonchev–Trinajstić information content (AvgIpc) is 2.73. The second-order valence-corrected chi connectivity index (χ2v) is 3.72. The largest absolute Gasteiger partial charge is 0.389 e. The zero-order valence-electron chi connectivity index (χ0n) is 7.72. The fraction of sp³-hybridized carbons (Fsp3) is 0.556. The van der Waals surface area contributed by atoms with E-state index in [4.69, 9.17) is 5.53 Å². The summed E-state index contributed by atoms with van der Waals surface area (Å²) in [5.74, 6) is 0. The Bertz CT molecular complexity index is 349. The van der Waals surface area contributed by atoms with Crippen molar-refractivity contribution in [2.24, 2.45) is 5.11 Å². The minimum Gasteiger partial charge on any atom is -0.389 e. The zero-order valence-corrected chi connectivity index (χ0v) is 7.72. The normalized spacial score (nSPS) is 19.8. The molecule has 1 aromatic rings. The molecule has 5 heteroatoms. The summed E-state index contributed by atoms with van der Waals surface area (Å²) in [5, 5.41) is 13.5. The summed E-state index contributed by atoms with van der Waals surface area (Å²) in [6, 6.07) is 3.47. The SMILES string of the molecule is [N-]=[N+]=NC(Cc1ccc[nH]1)C1(O)CC1. The van der Waals surface area contributed by atoms with Crippen molar-refractivity contribution >= 4 is 0 Å². The van der Waals surface area contributed by atoms with E-state index in [1.54, 1.807) is 0 Å². The highest BCUT2D eigenvalue weighted by Gasteiger charge is 2.47. The third-order valence-corrected chi connectivity index (χ3v) is 2.65. The minimum atomic E-state index is -0.753. The lowest BCUT2D eigenvalue weighted by molar-refractivity contribution is 0.119. The van der Waals surface area contributed by atoms with Crippen molar-refractivity contribution in [1.82, 2.24) is 4.98 Å². The summed E-state index contributed by atoms with van der Waals surface area (Å²) in [6.07, 6.45) is 3.86. The molecule has 14 heavy (non-hydrogen) atoms. The summed E-state index contributed by atoms with van der Waals surface area (Å²) in [5.41, 5.74) is 8.63. The fourth-order valence-electron chi connectivity index (χ4n) is 1.56. The van der Waals surface area contributed by atoms with Crippen LogP contribution in [0, 0.1) is 0 Å². The van der Waals surface area contributed by atoms with Crippen LogP contribution in [-0.4, -0.2) is 21.7 Å². The van der Waals surface area contributed by atoms with Gasteiger partial charge in [-0.05, 0) is 36.9 Å². The van der Waals surface area contributed by atoms with Crippen molar-refractivity contribution in [3.05, 3.63) is 34.5 Å². The molecule has 1 saturated carbocycles. The summed E-state index contributed by atoms with van der Waals surface area (Å²) in [7, 11) is 0. The summed E-state index contributed by atoms with van der Waals surface area (Å²) in [6.45, 7) is 0. The van der Waals surface area contributed by atoms with Crippen LogP contribution >= 0.6 is 0 Å². The van der Waals surface area contributed by atoms with Gasteiger partial charge in [-0.15, -0.1) is 0 Å². The molecule has 0 amide bonds. The maximum absolute atomic E-state index is 9.84. The number of hydrogen-bond acceptors (Lipinski definition) is 2. The molecular formula is C9H12N4O. The number of aromatic amines is 1. The van der Waals surface area contributed by atoms with Crippen molar-refractivity contribution in [2.45, 2.75) is 30.9 Å². The third kappa shape index (κ3) is 1.73. The molecule has 1 unspecified atom stereocenters. The topological polar surface area (TPSA) is 84.8 Å². The molecule has 2 rings (SSSR count). The predicted octanol–water partition coefficient (Wildman–Crippen LogP) is 1.76. The Morgan fingerprint density at radius 1 is 1.71 bits per heavy atom. The predicted molar refractivity (Wildman–Crippen MR) is 51.6 cm³/mol. The van der Waals surface area contributed by atoms with Gasteiger partial charge in [-0.1, -0.05) is 5.11 Å². The minimum absolute atomic E-state index is 0.342. The van der Waals surface area contributed by atoms with Gasteiger partial charge < -0.3 is 10.1 Å². The molecule has 0 bridgehead atoms. The highest BCUT2D eigenvalue weighted by molar-refractivity contribution is 5.12. The zero-order chi connectivity index (χ0) is 10.0. The van der Waals surface area contributed by atoms with E-state index in [1.807, 2.05) is 18.3 Å². The van der Waals surface area contributed by atoms with E-state index in [2.05, 4.69) is 15.0 Å². The molecular weight excluding hydrogens is 180 g/mol. The Morgan fingerprint density at radius 3 is 3.00 bits per heavy atom. The Hall–Kier alpha value is -1.45. The Balaban J connectivity index is 2.08. The number of aromatic nitrogens is 1. The van der Waals surface area contributed by atoms with Gasteiger partial charge in [0.25, 0.3) is 0 Å².